The third-order valence-corrected chi connectivity index (χ3v) is 3.34. The van der Waals surface area contributed by atoms with Gasteiger partial charge in [-0.2, -0.15) is 0 Å². The standard InChI is InChI=1S/C13H17BrO2/c14-12(6-7-13-10-16-13)9-15-8-11-4-2-1-3-5-11/h1-5,12-13H,6-10H2. The number of hydrogen-bond donors (Lipinski definition) is 0. The van der Waals surface area contributed by atoms with E-state index in [9.17, 15) is 0 Å². The molecule has 0 radical (unpaired) electrons. The van der Waals surface area contributed by atoms with E-state index in [1.54, 1.807) is 0 Å². The number of hydrogen-bond acceptors (Lipinski definition) is 2. The van der Waals surface area contributed by atoms with Gasteiger partial charge in [-0.15, -0.1) is 0 Å². The molecule has 1 fully saturated rings. The van der Waals surface area contributed by atoms with Crippen LogP contribution in [0.3, 0.4) is 0 Å². The molecule has 0 aromatic heterocycles. The van der Waals surface area contributed by atoms with Crippen LogP contribution in [-0.2, 0) is 16.1 Å². The van der Waals surface area contributed by atoms with Crippen LogP contribution in [0.5, 0.6) is 0 Å². The van der Waals surface area contributed by atoms with Gasteiger partial charge in [0.2, 0.25) is 0 Å². The molecule has 0 spiro atoms. The lowest BCUT2D eigenvalue weighted by molar-refractivity contribution is 0.121. The molecular weight excluding hydrogens is 268 g/mol. The molecule has 16 heavy (non-hydrogen) atoms. The van der Waals surface area contributed by atoms with E-state index in [0.717, 1.165) is 26.1 Å². The molecule has 0 aliphatic carbocycles. The van der Waals surface area contributed by atoms with E-state index in [0.29, 0.717) is 17.5 Å². The average molecular weight is 285 g/mol. The Morgan fingerprint density at radius 1 is 1.38 bits per heavy atom. The summed E-state index contributed by atoms with van der Waals surface area (Å²) in [7, 11) is 0. The average Bonchev–Trinajstić information content (AvgIpc) is 3.12. The molecule has 1 aliphatic heterocycles. The second kappa shape index (κ2) is 6.38. The maximum atomic E-state index is 5.65. The molecule has 88 valence electrons. The van der Waals surface area contributed by atoms with E-state index < -0.39 is 0 Å². The summed E-state index contributed by atoms with van der Waals surface area (Å²) in [6.07, 6.45) is 2.79. The predicted molar refractivity (Wildman–Crippen MR) is 67.8 cm³/mol. The van der Waals surface area contributed by atoms with Crippen LogP contribution in [-0.4, -0.2) is 24.1 Å². The third kappa shape index (κ3) is 4.64. The van der Waals surface area contributed by atoms with Crippen LogP contribution in [0, 0.1) is 0 Å². The van der Waals surface area contributed by atoms with Crippen molar-refractivity contribution < 1.29 is 9.47 Å². The van der Waals surface area contributed by atoms with Crippen LogP contribution >= 0.6 is 15.9 Å². The summed E-state index contributed by atoms with van der Waals surface area (Å²) < 4.78 is 10.8. The van der Waals surface area contributed by atoms with Gasteiger partial charge < -0.3 is 9.47 Å². The molecule has 0 bridgehead atoms. The Labute approximate surface area is 105 Å². The van der Waals surface area contributed by atoms with Crippen molar-refractivity contribution >= 4 is 15.9 Å². The molecule has 0 amide bonds. The van der Waals surface area contributed by atoms with Gasteiger partial charge in [0, 0.05) is 4.83 Å². The molecule has 0 N–H and O–H groups in total. The largest absolute Gasteiger partial charge is 0.376 e. The minimum Gasteiger partial charge on any atom is -0.376 e. The lowest BCUT2D eigenvalue weighted by atomic mass is 10.2. The summed E-state index contributed by atoms with van der Waals surface area (Å²) in [5, 5.41) is 0. The van der Waals surface area contributed by atoms with Crippen molar-refractivity contribution in [2.24, 2.45) is 0 Å². The van der Waals surface area contributed by atoms with Crippen molar-refractivity contribution in [2.75, 3.05) is 13.2 Å². The third-order valence-electron chi connectivity index (χ3n) is 2.61. The first-order valence-corrected chi connectivity index (χ1v) is 6.63. The summed E-state index contributed by atoms with van der Waals surface area (Å²) in [5.41, 5.74) is 1.23. The first-order valence-electron chi connectivity index (χ1n) is 5.72. The fraction of sp³-hybridized carbons (Fsp3) is 0.538. The van der Waals surface area contributed by atoms with Gasteiger partial charge in [-0.3, -0.25) is 0 Å². The molecule has 1 aromatic rings. The fourth-order valence-electron chi connectivity index (χ4n) is 1.56. The second-order valence-electron chi connectivity index (χ2n) is 4.13. The number of alkyl halides is 1. The van der Waals surface area contributed by atoms with Crippen LogP contribution in [0.25, 0.3) is 0 Å². The van der Waals surface area contributed by atoms with Crippen LogP contribution in [0.4, 0.5) is 0 Å². The van der Waals surface area contributed by atoms with Crippen LogP contribution in [0.2, 0.25) is 0 Å². The summed E-state index contributed by atoms with van der Waals surface area (Å²) in [4.78, 5) is 0.445. The lowest BCUT2D eigenvalue weighted by Crippen LogP contribution is -2.09. The Bertz CT molecular complexity index is 298. The molecule has 3 heteroatoms. The topological polar surface area (TPSA) is 21.8 Å². The Balaban J connectivity index is 1.56. The van der Waals surface area contributed by atoms with E-state index in [2.05, 4.69) is 28.1 Å². The highest BCUT2D eigenvalue weighted by Crippen LogP contribution is 2.19. The zero-order chi connectivity index (χ0) is 11.2. The normalized spacial score (nSPS) is 20.7. The van der Waals surface area contributed by atoms with Gasteiger partial charge in [0.15, 0.2) is 0 Å². The van der Waals surface area contributed by atoms with Gasteiger partial charge >= 0.3 is 0 Å². The summed E-state index contributed by atoms with van der Waals surface area (Å²) in [6, 6.07) is 10.3. The zero-order valence-corrected chi connectivity index (χ0v) is 10.9. The summed E-state index contributed by atoms with van der Waals surface area (Å²) in [5.74, 6) is 0. The van der Waals surface area contributed by atoms with Gasteiger partial charge in [-0.1, -0.05) is 46.3 Å². The number of halogens is 1. The van der Waals surface area contributed by atoms with Gasteiger partial charge in [0.25, 0.3) is 0 Å². The number of rotatable bonds is 7. The molecular formula is C13H17BrO2. The van der Waals surface area contributed by atoms with E-state index in [1.165, 1.54) is 5.56 Å². The number of ether oxygens (including phenoxy) is 2. The van der Waals surface area contributed by atoms with Gasteiger partial charge in [0.05, 0.1) is 25.9 Å². The highest BCUT2D eigenvalue weighted by atomic mass is 79.9. The highest BCUT2D eigenvalue weighted by molar-refractivity contribution is 9.09. The van der Waals surface area contributed by atoms with Crippen molar-refractivity contribution in [1.82, 2.24) is 0 Å². The van der Waals surface area contributed by atoms with E-state index in [1.807, 2.05) is 18.2 Å². The van der Waals surface area contributed by atoms with Crippen molar-refractivity contribution in [3.05, 3.63) is 35.9 Å². The molecule has 1 aromatic carbocycles. The van der Waals surface area contributed by atoms with E-state index in [-0.39, 0.29) is 0 Å². The van der Waals surface area contributed by atoms with Crippen molar-refractivity contribution in [3.8, 4) is 0 Å². The smallest absolute Gasteiger partial charge is 0.0810 e. The summed E-state index contributed by atoms with van der Waals surface area (Å²) in [6.45, 7) is 2.41. The van der Waals surface area contributed by atoms with Crippen LogP contribution in [0.15, 0.2) is 30.3 Å². The highest BCUT2D eigenvalue weighted by Gasteiger charge is 2.22. The van der Waals surface area contributed by atoms with Crippen molar-refractivity contribution in [1.29, 1.82) is 0 Å². The maximum absolute atomic E-state index is 5.65. The molecule has 1 saturated heterocycles. The number of benzene rings is 1. The van der Waals surface area contributed by atoms with Gasteiger partial charge in [-0.25, -0.2) is 0 Å². The maximum Gasteiger partial charge on any atom is 0.0810 e. The number of epoxide rings is 1. The SMILES string of the molecule is BrC(CCC1CO1)COCc1ccccc1. The van der Waals surface area contributed by atoms with Crippen molar-refractivity contribution in [2.45, 2.75) is 30.4 Å². The lowest BCUT2D eigenvalue weighted by Gasteiger charge is -2.09. The molecule has 0 saturated carbocycles. The second-order valence-corrected chi connectivity index (χ2v) is 5.43. The van der Waals surface area contributed by atoms with Gasteiger partial charge in [-0.05, 0) is 18.4 Å². The molecule has 2 rings (SSSR count). The monoisotopic (exact) mass is 284 g/mol. The minimum atomic E-state index is 0.445. The molecule has 2 unspecified atom stereocenters. The fourth-order valence-corrected chi connectivity index (χ4v) is 2.01. The van der Waals surface area contributed by atoms with Crippen LogP contribution < -0.4 is 0 Å². The molecule has 2 atom stereocenters. The Morgan fingerprint density at radius 2 is 2.12 bits per heavy atom. The Morgan fingerprint density at radius 3 is 2.81 bits per heavy atom. The predicted octanol–water partition coefficient (Wildman–Crippen LogP) is 3.15. The Kier molecular flexibility index (Phi) is 4.82. The molecule has 1 heterocycles. The molecule has 2 nitrogen and oxygen atoms in total. The molecule has 1 aliphatic rings. The van der Waals surface area contributed by atoms with E-state index in [4.69, 9.17) is 9.47 Å². The Hall–Kier alpha value is -0.380. The van der Waals surface area contributed by atoms with Gasteiger partial charge in [0.1, 0.15) is 0 Å². The quantitative estimate of drug-likeness (QED) is 0.567. The first-order chi connectivity index (χ1) is 7.84. The minimum absolute atomic E-state index is 0.445. The van der Waals surface area contributed by atoms with Crippen LogP contribution in [0.1, 0.15) is 18.4 Å². The zero-order valence-electron chi connectivity index (χ0n) is 9.27. The van der Waals surface area contributed by atoms with E-state index >= 15 is 0 Å². The summed E-state index contributed by atoms with van der Waals surface area (Å²) >= 11 is 3.63. The first kappa shape index (κ1) is 12.1. The van der Waals surface area contributed by atoms with Crippen molar-refractivity contribution in [3.63, 3.8) is 0 Å².